The number of fused-ring (bicyclic) bond motifs is 1. The van der Waals surface area contributed by atoms with E-state index in [-0.39, 0.29) is 79.1 Å². The fraction of sp³-hybridized carbons (Fsp3) is 0.611. The van der Waals surface area contributed by atoms with Crippen molar-refractivity contribution in [1.29, 1.82) is 0 Å². The normalized spacial score (nSPS) is 26.8. The van der Waals surface area contributed by atoms with Gasteiger partial charge in [-0.1, -0.05) is 12.1 Å². The summed E-state index contributed by atoms with van der Waals surface area (Å²) >= 11 is 0. The maximum Gasteiger partial charge on any atom is 0.407 e. The van der Waals surface area contributed by atoms with Gasteiger partial charge in [0, 0.05) is 70.0 Å². The first kappa shape index (κ1) is 36.0. The second-order valence-corrected chi connectivity index (χ2v) is 14.4. The number of carbonyl (C=O) groups excluding carboxylic acids is 2. The fourth-order valence-electron chi connectivity index (χ4n) is 7.63. The Morgan fingerprint density at radius 1 is 0.920 bits per heavy atom. The lowest BCUT2D eigenvalue weighted by molar-refractivity contribution is -0.122. The molecule has 0 spiro atoms. The van der Waals surface area contributed by atoms with E-state index in [1.54, 1.807) is 21.9 Å². The van der Waals surface area contributed by atoms with Crippen molar-refractivity contribution in [3.05, 3.63) is 53.0 Å². The smallest absolute Gasteiger partial charge is 0.407 e. The van der Waals surface area contributed by atoms with Crippen molar-refractivity contribution in [1.82, 2.24) is 29.5 Å². The van der Waals surface area contributed by atoms with Crippen LogP contribution < -0.4 is 9.64 Å². The third kappa shape index (κ3) is 7.73. The van der Waals surface area contributed by atoms with Crippen LogP contribution in [-0.2, 0) is 16.0 Å². The summed E-state index contributed by atoms with van der Waals surface area (Å²) in [6.07, 6.45) is -0.646. The van der Waals surface area contributed by atoms with Crippen LogP contribution in [0.2, 0.25) is 0 Å². The maximum atomic E-state index is 14.4. The molecule has 14 heteroatoms. The summed E-state index contributed by atoms with van der Waals surface area (Å²) in [6.45, 7) is 13.5. The van der Waals surface area contributed by atoms with E-state index < -0.39 is 6.09 Å². The van der Waals surface area contributed by atoms with E-state index in [2.05, 4.69) is 28.5 Å². The van der Waals surface area contributed by atoms with Crippen LogP contribution in [0.5, 0.6) is 5.88 Å². The van der Waals surface area contributed by atoms with Crippen LogP contribution in [0.4, 0.5) is 14.9 Å². The van der Waals surface area contributed by atoms with Crippen molar-refractivity contribution >= 4 is 23.6 Å². The molecule has 5 atom stereocenters. The van der Waals surface area contributed by atoms with Gasteiger partial charge in [-0.2, -0.15) is 0 Å². The zero-order valence-corrected chi connectivity index (χ0v) is 29.8. The number of hydrogen-bond acceptors (Lipinski definition) is 9. The lowest BCUT2D eigenvalue weighted by Crippen LogP contribution is -2.65. The quantitative estimate of drug-likeness (QED) is 0.463. The molecule has 0 radical (unpaired) electrons. The van der Waals surface area contributed by atoms with Gasteiger partial charge in [-0.15, -0.1) is 0 Å². The first-order valence-corrected chi connectivity index (χ1v) is 17.7. The lowest BCUT2D eigenvalue weighted by Gasteiger charge is -2.48. The first-order valence-electron chi connectivity index (χ1n) is 17.7. The zero-order valence-electron chi connectivity index (χ0n) is 29.8. The second kappa shape index (κ2) is 15.2. The van der Waals surface area contributed by atoms with E-state index in [4.69, 9.17) is 14.5 Å². The number of nitrogens with zero attached hydrogens (tertiary/aromatic N) is 7. The van der Waals surface area contributed by atoms with Crippen LogP contribution in [-0.4, -0.2) is 162 Å². The van der Waals surface area contributed by atoms with Gasteiger partial charge in [0.05, 0.1) is 25.8 Å². The Balaban J connectivity index is 1.30. The summed E-state index contributed by atoms with van der Waals surface area (Å²) < 4.78 is 25.6. The number of likely N-dealkylation sites (N-methyl/N-ethyl adjacent to an activating group) is 1. The van der Waals surface area contributed by atoms with E-state index in [1.807, 2.05) is 27.0 Å². The molecule has 13 nitrogen and oxygen atoms in total. The molecule has 0 aliphatic carbocycles. The molecule has 5 heterocycles. The fourth-order valence-corrected chi connectivity index (χ4v) is 7.63. The van der Waals surface area contributed by atoms with Gasteiger partial charge >= 0.3 is 6.09 Å². The Morgan fingerprint density at radius 2 is 1.60 bits per heavy atom. The van der Waals surface area contributed by atoms with Crippen molar-refractivity contribution < 1.29 is 33.4 Å². The Bertz CT molecular complexity index is 1540. The summed E-state index contributed by atoms with van der Waals surface area (Å²) in [5, 5.41) is 9.98. The number of ether oxygens (including phenoxy) is 2. The largest absolute Gasteiger partial charge is 0.474 e. The summed E-state index contributed by atoms with van der Waals surface area (Å²) in [5.41, 5.74) is 2.20. The summed E-state index contributed by atoms with van der Waals surface area (Å²) in [7, 11) is 2.03. The number of hydrogen-bond donors (Lipinski definition) is 1. The van der Waals surface area contributed by atoms with E-state index in [0.717, 1.165) is 18.7 Å². The number of anilines is 1. The predicted molar refractivity (Wildman–Crippen MR) is 185 cm³/mol. The molecule has 3 saturated heterocycles. The average Bonchev–Trinajstić information content (AvgIpc) is 3.08. The summed E-state index contributed by atoms with van der Waals surface area (Å²) in [5.74, 6) is -0.468. The van der Waals surface area contributed by atoms with E-state index in [0.29, 0.717) is 57.1 Å². The Kier molecular flexibility index (Phi) is 10.9. The van der Waals surface area contributed by atoms with E-state index in [9.17, 15) is 23.9 Å². The number of pyridine rings is 1. The third-order valence-corrected chi connectivity index (χ3v) is 10.6. The minimum absolute atomic E-state index is 0.0780. The standard InChI is InChI=1S/C36H50FN7O6/c1-23-16-41(30(18-43(23)36(47)48)17-42-24(2)20-49-21-25(42)3)19-32(45)44-26(4)22-50-34-31(44)15-28(14-27-6-8-29(37)9-7-27)33(38-34)35(46)40-12-10-39(5)11-13-40/h6-9,15,23-26,30H,10-14,16-22H2,1-5H3,(H,47,48)/t23-,24-,25-,26+,30+/m1/s1. The Hall–Kier alpha value is -3.85. The molecule has 4 aliphatic rings. The highest BCUT2D eigenvalue weighted by Crippen LogP contribution is 2.36. The van der Waals surface area contributed by atoms with E-state index in [1.165, 1.54) is 17.0 Å². The molecule has 3 amide bonds. The van der Waals surface area contributed by atoms with Crippen LogP contribution in [0.25, 0.3) is 0 Å². The topological polar surface area (TPSA) is 122 Å². The van der Waals surface area contributed by atoms with Crippen molar-refractivity contribution in [2.24, 2.45) is 0 Å². The van der Waals surface area contributed by atoms with Gasteiger partial charge in [-0.05, 0) is 70.5 Å². The predicted octanol–water partition coefficient (Wildman–Crippen LogP) is 2.47. The average molecular weight is 696 g/mol. The number of amides is 3. The molecule has 2 aromatic rings. The minimum Gasteiger partial charge on any atom is -0.474 e. The monoisotopic (exact) mass is 695 g/mol. The third-order valence-electron chi connectivity index (χ3n) is 10.6. The molecule has 50 heavy (non-hydrogen) atoms. The highest BCUT2D eigenvalue weighted by Gasteiger charge is 2.40. The zero-order chi connectivity index (χ0) is 35.7. The van der Waals surface area contributed by atoms with Crippen LogP contribution in [0, 0.1) is 5.82 Å². The molecular weight excluding hydrogens is 645 g/mol. The second-order valence-electron chi connectivity index (χ2n) is 14.4. The summed E-state index contributed by atoms with van der Waals surface area (Å²) in [6, 6.07) is 7.51. The molecule has 0 unspecified atom stereocenters. The molecule has 3 fully saturated rings. The number of rotatable bonds is 7. The first-order chi connectivity index (χ1) is 23.9. The van der Waals surface area contributed by atoms with Crippen molar-refractivity contribution in [3.63, 3.8) is 0 Å². The Morgan fingerprint density at radius 3 is 2.26 bits per heavy atom. The Labute approximate surface area is 293 Å². The minimum atomic E-state index is -0.964. The number of carbonyl (C=O) groups is 3. The van der Waals surface area contributed by atoms with Crippen molar-refractivity contribution in [3.8, 4) is 5.88 Å². The highest BCUT2D eigenvalue weighted by molar-refractivity contribution is 5.99. The van der Waals surface area contributed by atoms with E-state index >= 15 is 0 Å². The lowest BCUT2D eigenvalue weighted by atomic mass is 10.0. The van der Waals surface area contributed by atoms with Gasteiger partial charge in [0.2, 0.25) is 11.8 Å². The van der Waals surface area contributed by atoms with Crippen molar-refractivity contribution in [2.45, 2.75) is 64.3 Å². The molecule has 272 valence electrons. The number of carboxylic acid groups (broad SMARTS) is 1. The molecule has 0 bridgehead atoms. The van der Waals surface area contributed by atoms with Gasteiger partial charge in [-0.3, -0.25) is 19.4 Å². The van der Waals surface area contributed by atoms with Crippen LogP contribution in [0.3, 0.4) is 0 Å². The number of piperazine rings is 2. The number of morpholine rings is 1. The SMILES string of the molecule is C[C@@H]1CN(CC(=O)N2c3cc(Cc4ccc(F)cc4)c(C(=O)N4CCN(C)CC4)nc3OC[C@@H]2C)[C@@H](CN2[C@H](C)COC[C@H]2C)CN1C(=O)O. The molecule has 1 N–H and O–H groups in total. The highest BCUT2D eigenvalue weighted by atomic mass is 19.1. The van der Waals surface area contributed by atoms with Gasteiger partial charge in [0.25, 0.3) is 5.91 Å². The number of benzene rings is 1. The van der Waals surface area contributed by atoms with Crippen molar-refractivity contribution in [2.75, 3.05) is 84.1 Å². The number of aromatic nitrogens is 1. The van der Waals surface area contributed by atoms with Gasteiger partial charge in [-0.25, -0.2) is 14.2 Å². The molecule has 1 aromatic carbocycles. The molecule has 0 saturated carbocycles. The molecular formula is C36H50FN7O6. The summed E-state index contributed by atoms with van der Waals surface area (Å²) in [4.78, 5) is 57.0. The van der Waals surface area contributed by atoms with Gasteiger partial charge in [0.15, 0.2) is 0 Å². The molecule has 1 aromatic heterocycles. The molecule has 4 aliphatic heterocycles. The number of halogens is 1. The van der Waals surface area contributed by atoms with Gasteiger partial charge < -0.3 is 34.2 Å². The van der Waals surface area contributed by atoms with Crippen LogP contribution in [0.15, 0.2) is 30.3 Å². The molecule has 6 rings (SSSR count). The maximum absolute atomic E-state index is 14.4. The van der Waals surface area contributed by atoms with Crippen LogP contribution >= 0.6 is 0 Å². The van der Waals surface area contributed by atoms with Crippen LogP contribution in [0.1, 0.15) is 49.3 Å². The van der Waals surface area contributed by atoms with Gasteiger partial charge in [0.1, 0.15) is 23.8 Å².